The van der Waals surface area contributed by atoms with Crippen LogP contribution in [0.5, 0.6) is 0 Å². The average molecular weight is 257 g/mol. The van der Waals surface area contributed by atoms with Crippen LogP contribution < -0.4 is 11.1 Å². The van der Waals surface area contributed by atoms with E-state index >= 15 is 0 Å². The Morgan fingerprint density at radius 3 is 2.82 bits per heavy atom. The van der Waals surface area contributed by atoms with Crippen molar-refractivity contribution in [1.82, 2.24) is 9.97 Å². The highest BCUT2D eigenvalue weighted by Crippen LogP contribution is 2.19. The van der Waals surface area contributed by atoms with Crippen LogP contribution in [0.25, 0.3) is 0 Å². The second-order valence-corrected chi connectivity index (χ2v) is 4.27. The van der Waals surface area contributed by atoms with Gasteiger partial charge in [-0.15, -0.1) is 0 Å². The molecule has 1 aliphatic rings. The van der Waals surface area contributed by atoms with E-state index < -0.39 is 12.0 Å². The summed E-state index contributed by atoms with van der Waals surface area (Å²) in [6, 6.07) is 0. The first-order chi connectivity index (χ1) is 8.15. The van der Waals surface area contributed by atoms with Crippen molar-refractivity contribution in [3.8, 4) is 0 Å². The lowest BCUT2D eigenvalue weighted by Gasteiger charge is -2.12. The number of halogens is 1. The van der Waals surface area contributed by atoms with Crippen molar-refractivity contribution in [2.24, 2.45) is 5.73 Å². The first-order valence-corrected chi connectivity index (χ1v) is 5.69. The second kappa shape index (κ2) is 5.29. The highest BCUT2D eigenvalue weighted by molar-refractivity contribution is 6.30. The Kier molecular flexibility index (Phi) is 3.75. The SMILES string of the molecule is NC(=O)[C@@H]1CC[C@@H](CNc2ncc(Cl)cn2)O1. The molecule has 2 atom stereocenters. The maximum absolute atomic E-state index is 10.9. The number of rotatable bonds is 4. The van der Waals surface area contributed by atoms with Gasteiger partial charge in [-0.25, -0.2) is 9.97 Å². The number of hydrogen-bond donors (Lipinski definition) is 2. The molecule has 3 N–H and O–H groups in total. The first-order valence-electron chi connectivity index (χ1n) is 5.31. The third-order valence-corrected chi connectivity index (χ3v) is 2.73. The van der Waals surface area contributed by atoms with Crippen molar-refractivity contribution >= 4 is 23.5 Å². The lowest BCUT2D eigenvalue weighted by Crippen LogP contribution is -2.30. The summed E-state index contributed by atoms with van der Waals surface area (Å²) in [7, 11) is 0. The summed E-state index contributed by atoms with van der Waals surface area (Å²) in [5, 5.41) is 3.50. The van der Waals surface area contributed by atoms with Crippen molar-refractivity contribution < 1.29 is 9.53 Å². The van der Waals surface area contributed by atoms with E-state index in [-0.39, 0.29) is 6.10 Å². The molecule has 0 saturated carbocycles. The molecule has 0 aliphatic carbocycles. The summed E-state index contributed by atoms with van der Waals surface area (Å²) in [5.74, 6) is 0.0794. The van der Waals surface area contributed by atoms with E-state index in [0.717, 1.165) is 6.42 Å². The average Bonchev–Trinajstić information content (AvgIpc) is 2.77. The van der Waals surface area contributed by atoms with Gasteiger partial charge in [0, 0.05) is 6.54 Å². The minimum atomic E-state index is -0.465. The number of primary amides is 1. The van der Waals surface area contributed by atoms with Crippen LogP contribution in [0.4, 0.5) is 5.95 Å². The molecule has 92 valence electrons. The normalized spacial score (nSPS) is 23.6. The number of anilines is 1. The number of carbonyl (C=O) groups is 1. The first kappa shape index (κ1) is 12.1. The molecule has 1 aliphatic heterocycles. The van der Waals surface area contributed by atoms with Gasteiger partial charge in [-0.1, -0.05) is 11.6 Å². The highest BCUT2D eigenvalue weighted by Gasteiger charge is 2.28. The molecule has 0 bridgehead atoms. The van der Waals surface area contributed by atoms with Crippen LogP contribution in [-0.4, -0.2) is 34.6 Å². The Hall–Kier alpha value is -1.40. The molecular weight excluding hydrogens is 244 g/mol. The fourth-order valence-corrected chi connectivity index (χ4v) is 1.77. The van der Waals surface area contributed by atoms with Crippen molar-refractivity contribution in [3.05, 3.63) is 17.4 Å². The topological polar surface area (TPSA) is 90.1 Å². The number of aromatic nitrogens is 2. The van der Waals surface area contributed by atoms with E-state index in [0.29, 0.717) is 23.9 Å². The lowest BCUT2D eigenvalue weighted by atomic mass is 10.2. The van der Waals surface area contributed by atoms with Crippen LogP contribution in [-0.2, 0) is 9.53 Å². The maximum Gasteiger partial charge on any atom is 0.246 e. The minimum absolute atomic E-state index is 0.0354. The summed E-state index contributed by atoms with van der Waals surface area (Å²) in [5.41, 5.74) is 5.16. The summed E-state index contributed by atoms with van der Waals surface area (Å²) < 4.78 is 5.45. The molecule has 1 saturated heterocycles. The molecule has 2 rings (SSSR count). The maximum atomic E-state index is 10.9. The van der Waals surface area contributed by atoms with E-state index in [9.17, 15) is 4.79 Å². The third-order valence-electron chi connectivity index (χ3n) is 2.53. The van der Waals surface area contributed by atoms with E-state index in [1.165, 1.54) is 12.4 Å². The van der Waals surface area contributed by atoms with Crippen LogP contribution in [0.15, 0.2) is 12.4 Å². The van der Waals surface area contributed by atoms with E-state index in [1.807, 2.05) is 0 Å². The summed E-state index contributed by atoms with van der Waals surface area (Å²) >= 11 is 5.66. The number of nitrogens with zero attached hydrogens (tertiary/aromatic N) is 2. The van der Waals surface area contributed by atoms with Crippen molar-refractivity contribution in [1.29, 1.82) is 0 Å². The molecule has 2 heterocycles. The van der Waals surface area contributed by atoms with Gasteiger partial charge in [-0.05, 0) is 12.8 Å². The Labute approximate surface area is 104 Å². The molecule has 7 heteroatoms. The van der Waals surface area contributed by atoms with E-state index in [4.69, 9.17) is 22.1 Å². The van der Waals surface area contributed by atoms with Gasteiger partial charge in [0.1, 0.15) is 6.10 Å². The Morgan fingerprint density at radius 2 is 2.24 bits per heavy atom. The molecule has 6 nitrogen and oxygen atoms in total. The highest BCUT2D eigenvalue weighted by atomic mass is 35.5. The number of nitrogens with one attached hydrogen (secondary N) is 1. The largest absolute Gasteiger partial charge is 0.367 e. The van der Waals surface area contributed by atoms with Crippen LogP contribution in [0.2, 0.25) is 5.02 Å². The zero-order valence-corrected chi connectivity index (χ0v) is 9.85. The monoisotopic (exact) mass is 256 g/mol. The van der Waals surface area contributed by atoms with Gasteiger partial charge in [0.2, 0.25) is 11.9 Å². The number of carbonyl (C=O) groups excluding carboxylic acids is 1. The van der Waals surface area contributed by atoms with E-state index in [1.54, 1.807) is 0 Å². The Morgan fingerprint density at radius 1 is 1.53 bits per heavy atom. The number of nitrogens with two attached hydrogens (primary N) is 1. The molecule has 1 aromatic rings. The lowest BCUT2D eigenvalue weighted by molar-refractivity contribution is -0.128. The summed E-state index contributed by atoms with van der Waals surface area (Å²) in [6.45, 7) is 0.547. The standard InChI is InChI=1S/C10H13ClN4O2/c11-6-3-13-10(14-4-6)15-5-7-1-2-8(17-7)9(12)16/h3-4,7-8H,1-2,5H2,(H2,12,16)(H,13,14,15)/t7-,8-/m0/s1. The predicted molar refractivity (Wildman–Crippen MR) is 62.6 cm³/mol. The molecular formula is C10H13ClN4O2. The molecule has 1 fully saturated rings. The zero-order valence-electron chi connectivity index (χ0n) is 9.10. The zero-order chi connectivity index (χ0) is 12.3. The fourth-order valence-electron chi connectivity index (χ4n) is 1.67. The van der Waals surface area contributed by atoms with Crippen molar-refractivity contribution in [2.45, 2.75) is 25.0 Å². The molecule has 0 radical (unpaired) electrons. The molecule has 0 spiro atoms. The van der Waals surface area contributed by atoms with E-state index in [2.05, 4.69) is 15.3 Å². The van der Waals surface area contributed by atoms with Gasteiger partial charge >= 0.3 is 0 Å². The van der Waals surface area contributed by atoms with Gasteiger partial charge in [-0.3, -0.25) is 4.79 Å². The number of hydrogen-bond acceptors (Lipinski definition) is 5. The quantitative estimate of drug-likeness (QED) is 0.822. The summed E-state index contributed by atoms with van der Waals surface area (Å²) in [4.78, 5) is 18.9. The second-order valence-electron chi connectivity index (χ2n) is 3.83. The number of ether oxygens (including phenoxy) is 1. The van der Waals surface area contributed by atoms with Gasteiger partial charge in [0.05, 0.1) is 23.5 Å². The van der Waals surface area contributed by atoms with Gasteiger partial charge in [0.15, 0.2) is 0 Å². The minimum Gasteiger partial charge on any atom is -0.367 e. The van der Waals surface area contributed by atoms with Gasteiger partial charge in [0.25, 0.3) is 0 Å². The molecule has 17 heavy (non-hydrogen) atoms. The number of amides is 1. The summed E-state index contributed by atoms with van der Waals surface area (Å²) in [6.07, 6.45) is 3.99. The molecule has 1 amide bonds. The third kappa shape index (κ3) is 3.28. The Balaban J connectivity index is 1.80. The van der Waals surface area contributed by atoms with Crippen molar-refractivity contribution in [3.63, 3.8) is 0 Å². The Bertz CT molecular complexity index is 398. The van der Waals surface area contributed by atoms with Gasteiger partial charge < -0.3 is 15.8 Å². The van der Waals surface area contributed by atoms with Crippen LogP contribution in [0.3, 0.4) is 0 Å². The van der Waals surface area contributed by atoms with Crippen LogP contribution >= 0.6 is 11.6 Å². The smallest absolute Gasteiger partial charge is 0.246 e. The van der Waals surface area contributed by atoms with Crippen LogP contribution in [0.1, 0.15) is 12.8 Å². The fraction of sp³-hybridized carbons (Fsp3) is 0.500. The molecule has 0 unspecified atom stereocenters. The van der Waals surface area contributed by atoms with Crippen molar-refractivity contribution in [2.75, 3.05) is 11.9 Å². The molecule has 1 aromatic heterocycles. The molecule has 0 aromatic carbocycles. The van der Waals surface area contributed by atoms with Gasteiger partial charge in [-0.2, -0.15) is 0 Å². The predicted octanol–water partition coefficient (Wildman–Crippen LogP) is 0.575. The van der Waals surface area contributed by atoms with Crippen LogP contribution in [0, 0.1) is 0 Å².